The molecule has 0 spiro atoms. The van der Waals surface area contributed by atoms with Crippen molar-refractivity contribution < 1.29 is 13.6 Å². The Morgan fingerprint density at radius 2 is 1.94 bits per heavy atom. The zero-order chi connectivity index (χ0) is 24.5. The van der Waals surface area contributed by atoms with Crippen LogP contribution in [0.3, 0.4) is 0 Å². The number of hydrogen-bond donors (Lipinski definition) is 2. The van der Waals surface area contributed by atoms with Gasteiger partial charge in [-0.15, -0.1) is 0 Å². The summed E-state index contributed by atoms with van der Waals surface area (Å²) in [7, 11) is 0. The number of rotatable bonds is 5. The lowest BCUT2D eigenvalue weighted by molar-refractivity contribution is -0.114. The van der Waals surface area contributed by atoms with E-state index in [0.29, 0.717) is 26.8 Å². The predicted octanol–water partition coefficient (Wildman–Crippen LogP) is 6.38. The Bertz CT molecular complexity index is 1390. The van der Waals surface area contributed by atoms with Gasteiger partial charge in [-0.3, -0.25) is 9.78 Å². The Morgan fingerprint density at radius 1 is 1.14 bits per heavy atom. The molecular weight excluding hydrogens is 531 g/mol. The van der Waals surface area contributed by atoms with Gasteiger partial charge in [-0.1, -0.05) is 6.07 Å². The van der Waals surface area contributed by atoms with Gasteiger partial charge >= 0.3 is 0 Å². The molecule has 1 aliphatic heterocycles. The number of carbonyl (C=O) groups is 1. The van der Waals surface area contributed by atoms with Gasteiger partial charge in [0.1, 0.15) is 23.4 Å². The van der Waals surface area contributed by atoms with Crippen LogP contribution in [0.1, 0.15) is 30.5 Å². The number of furan rings is 1. The molecule has 5 rings (SSSR count). The van der Waals surface area contributed by atoms with Gasteiger partial charge < -0.3 is 20.0 Å². The van der Waals surface area contributed by atoms with E-state index in [2.05, 4.69) is 31.5 Å². The van der Waals surface area contributed by atoms with E-state index in [-0.39, 0.29) is 23.8 Å². The molecule has 6 nitrogen and oxygen atoms in total. The lowest BCUT2D eigenvalue weighted by Crippen LogP contribution is -2.29. The molecule has 1 fully saturated rings. The second-order valence-electron chi connectivity index (χ2n) is 8.05. The Morgan fingerprint density at radius 3 is 2.63 bits per heavy atom. The number of thiocarbonyl (C=S) groups is 1. The second kappa shape index (κ2) is 9.59. The van der Waals surface area contributed by atoms with E-state index < -0.39 is 0 Å². The fourth-order valence-corrected chi connectivity index (χ4v) is 5.07. The molecule has 2 atom stereocenters. The van der Waals surface area contributed by atoms with Crippen LogP contribution in [0, 0.1) is 5.82 Å². The van der Waals surface area contributed by atoms with Crippen LogP contribution >= 0.6 is 28.1 Å². The number of nitrogens with zero attached hydrogens (tertiary/aromatic N) is 2. The third kappa shape index (κ3) is 4.69. The highest BCUT2D eigenvalue weighted by atomic mass is 79.9. The molecule has 0 radical (unpaired) electrons. The Hall–Kier alpha value is -3.56. The molecule has 9 heteroatoms. The van der Waals surface area contributed by atoms with Crippen LogP contribution in [0.4, 0.5) is 15.8 Å². The quantitative estimate of drug-likeness (QED) is 0.281. The number of aromatic nitrogens is 1. The van der Waals surface area contributed by atoms with Crippen molar-refractivity contribution in [2.45, 2.75) is 19.0 Å². The first-order valence-corrected chi connectivity index (χ1v) is 12.0. The van der Waals surface area contributed by atoms with Gasteiger partial charge in [-0.25, -0.2) is 4.39 Å². The maximum absolute atomic E-state index is 13.6. The monoisotopic (exact) mass is 550 g/mol. The lowest BCUT2D eigenvalue weighted by atomic mass is 10.0. The van der Waals surface area contributed by atoms with Crippen molar-refractivity contribution in [3.8, 4) is 11.3 Å². The largest absolute Gasteiger partial charge is 0.459 e. The molecule has 1 aliphatic rings. The van der Waals surface area contributed by atoms with E-state index in [0.717, 1.165) is 16.9 Å². The number of carbonyl (C=O) groups excluding carboxylic acids is 1. The van der Waals surface area contributed by atoms with Crippen molar-refractivity contribution >= 4 is 50.5 Å². The number of pyridine rings is 1. The standard InChI is InChI=1S/C26H20BrFN4O2S/c1-15(33)30-17-6-8-18(9-7-17)32-25(24(31-26(32)35)21-4-2-3-13-29-21)23-12-11-22(34-23)19-10-5-16(28)14-20(19)27/h2-14,24-25H,1H3,(H,30,33)(H,31,35). The van der Waals surface area contributed by atoms with Crippen molar-refractivity contribution in [1.29, 1.82) is 0 Å². The van der Waals surface area contributed by atoms with Gasteiger partial charge in [0.15, 0.2) is 5.11 Å². The van der Waals surface area contributed by atoms with Gasteiger partial charge in [0.05, 0.1) is 11.7 Å². The Kier molecular flexibility index (Phi) is 6.36. The fraction of sp³-hybridized carbons (Fsp3) is 0.115. The molecule has 0 bridgehead atoms. The minimum absolute atomic E-state index is 0.140. The van der Waals surface area contributed by atoms with E-state index in [1.165, 1.54) is 19.1 Å². The first kappa shape index (κ1) is 23.2. The van der Waals surface area contributed by atoms with Crippen LogP contribution in [0.15, 0.2) is 87.9 Å². The summed E-state index contributed by atoms with van der Waals surface area (Å²) >= 11 is 9.16. The van der Waals surface area contributed by atoms with Crippen LogP contribution in [-0.2, 0) is 4.79 Å². The van der Waals surface area contributed by atoms with Crippen LogP contribution in [-0.4, -0.2) is 16.0 Å². The minimum Gasteiger partial charge on any atom is -0.459 e. The summed E-state index contributed by atoms with van der Waals surface area (Å²) < 4.78 is 20.5. The first-order valence-electron chi connectivity index (χ1n) is 10.8. The molecule has 0 aliphatic carbocycles. The highest BCUT2D eigenvalue weighted by Crippen LogP contribution is 2.43. The zero-order valence-electron chi connectivity index (χ0n) is 18.5. The summed E-state index contributed by atoms with van der Waals surface area (Å²) in [5.41, 5.74) is 3.09. The number of anilines is 2. The molecule has 2 aromatic carbocycles. The Labute approximate surface area is 215 Å². The van der Waals surface area contributed by atoms with Crippen LogP contribution in [0.25, 0.3) is 11.3 Å². The fourth-order valence-electron chi connectivity index (χ4n) is 4.18. The number of benzene rings is 2. The van der Waals surface area contributed by atoms with E-state index in [1.54, 1.807) is 12.3 Å². The smallest absolute Gasteiger partial charge is 0.221 e. The number of nitrogens with one attached hydrogen (secondary N) is 2. The molecule has 1 saturated heterocycles. The summed E-state index contributed by atoms with van der Waals surface area (Å²) in [5.74, 6) is 0.803. The third-order valence-corrected chi connectivity index (χ3v) is 6.65. The summed E-state index contributed by atoms with van der Waals surface area (Å²) in [6.45, 7) is 1.47. The molecule has 0 saturated carbocycles. The van der Waals surface area contributed by atoms with Gasteiger partial charge in [-0.2, -0.15) is 0 Å². The van der Waals surface area contributed by atoms with E-state index in [4.69, 9.17) is 16.6 Å². The van der Waals surface area contributed by atoms with E-state index >= 15 is 0 Å². The third-order valence-electron chi connectivity index (χ3n) is 5.68. The number of hydrogen-bond acceptors (Lipinski definition) is 4. The summed E-state index contributed by atoms with van der Waals surface area (Å²) in [6, 6.07) is 20.8. The average molecular weight is 551 g/mol. The van der Waals surface area contributed by atoms with Gasteiger partial charge in [-0.05, 0) is 94.9 Å². The van der Waals surface area contributed by atoms with Gasteiger partial charge in [0.2, 0.25) is 5.91 Å². The molecule has 176 valence electrons. The maximum atomic E-state index is 13.6. The average Bonchev–Trinajstić information content (AvgIpc) is 3.44. The van der Waals surface area contributed by atoms with Crippen LogP contribution < -0.4 is 15.5 Å². The summed E-state index contributed by atoms with van der Waals surface area (Å²) in [4.78, 5) is 17.9. The number of amides is 1. The second-order valence-corrected chi connectivity index (χ2v) is 9.29. The molecular formula is C26H20BrFN4O2S. The number of halogens is 2. The molecule has 3 heterocycles. The van der Waals surface area contributed by atoms with Crippen molar-refractivity contribution in [3.05, 3.63) is 101 Å². The predicted molar refractivity (Wildman–Crippen MR) is 140 cm³/mol. The topological polar surface area (TPSA) is 70.4 Å². The summed E-state index contributed by atoms with van der Waals surface area (Å²) in [6.07, 6.45) is 1.74. The minimum atomic E-state index is -0.336. The molecule has 4 aromatic rings. The van der Waals surface area contributed by atoms with E-state index in [9.17, 15) is 9.18 Å². The Balaban J connectivity index is 1.56. The van der Waals surface area contributed by atoms with Crippen LogP contribution in [0.2, 0.25) is 0 Å². The van der Waals surface area contributed by atoms with Crippen molar-refractivity contribution in [3.63, 3.8) is 0 Å². The molecule has 2 aromatic heterocycles. The van der Waals surface area contributed by atoms with E-state index in [1.807, 2.05) is 59.5 Å². The van der Waals surface area contributed by atoms with Crippen molar-refractivity contribution in [1.82, 2.24) is 10.3 Å². The maximum Gasteiger partial charge on any atom is 0.221 e. The van der Waals surface area contributed by atoms with Crippen molar-refractivity contribution in [2.24, 2.45) is 0 Å². The molecule has 2 unspecified atom stereocenters. The SMILES string of the molecule is CC(=O)Nc1ccc(N2C(=S)NC(c3ccccn3)C2c2ccc(-c3ccc(F)cc3Br)o2)cc1. The highest BCUT2D eigenvalue weighted by molar-refractivity contribution is 9.10. The molecule has 2 N–H and O–H groups in total. The zero-order valence-corrected chi connectivity index (χ0v) is 20.9. The van der Waals surface area contributed by atoms with Gasteiger partial charge in [0, 0.05) is 34.5 Å². The molecule has 1 amide bonds. The van der Waals surface area contributed by atoms with Crippen molar-refractivity contribution in [2.75, 3.05) is 10.2 Å². The first-order chi connectivity index (χ1) is 16.9. The summed E-state index contributed by atoms with van der Waals surface area (Å²) in [5, 5.41) is 6.69. The molecule has 35 heavy (non-hydrogen) atoms. The lowest BCUT2D eigenvalue weighted by Gasteiger charge is -2.26. The van der Waals surface area contributed by atoms with Crippen LogP contribution in [0.5, 0.6) is 0 Å². The van der Waals surface area contributed by atoms with Gasteiger partial charge in [0.25, 0.3) is 0 Å². The normalized spacial score (nSPS) is 17.3. The highest BCUT2D eigenvalue weighted by Gasteiger charge is 2.42.